The molecule has 0 radical (unpaired) electrons. The average molecular weight is 698 g/mol. The monoisotopic (exact) mass is 697 g/mol. The zero-order valence-corrected chi connectivity index (χ0v) is 30.2. The van der Waals surface area contributed by atoms with Crippen molar-refractivity contribution < 1.29 is 13.5 Å². The summed E-state index contributed by atoms with van der Waals surface area (Å²) in [6.45, 7) is 6.51. The number of hydrogen-bond donors (Lipinski definition) is 0. The van der Waals surface area contributed by atoms with Crippen molar-refractivity contribution in [1.29, 1.82) is 0 Å². The lowest BCUT2D eigenvalue weighted by molar-refractivity contribution is 0.163. The number of piperidine rings is 1. The van der Waals surface area contributed by atoms with Gasteiger partial charge in [-0.3, -0.25) is 0 Å². The minimum Gasteiger partial charge on any atom is -0.472 e. The fraction of sp³-hybridized carbons (Fsp3) is 0.224. The van der Waals surface area contributed by atoms with E-state index in [1.807, 2.05) is 12.1 Å². The molecule has 2 nitrogen and oxygen atoms in total. The van der Waals surface area contributed by atoms with Crippen molar-refractivity contribution in [2.45, 2.75) is 57.0 Å². The average Bonchev–Trinajstić information content (AvgIpc) is 3.50. The van der Waals surface area contributed by atoms with Gasteiger partial charge in [0.05, 0.1) is 0 Å². The fourth-order valence-electron chi connectivity index (χ4n) is 9.93. The first-order chi connectivity index (χ1) is 25.9. The van der Waals surface area contributed by atoms with Crippen LogP contribution in [0.3, 0.4) is 0 Å². The molecule has 1 saturated heterocycles. The molecular weight excluding hydrogens is 657 g/mol. The van der Waals surface area contributed by atoms with Gasteiger partial charge in [-0.2, -0.15) is 0 Å². The Morgan fingerprint density at radius 2 is 1.34 bits per heavy atom. The molecule has 10 rings (SSSR count). The molecule has 3 aliphatic rings. The van der Waals surface area contributed by atoms with Crippen molar-refractivity contribution in [1.82, 2.24) is 0 Å². The molecule has 1 unspecified atom stereocenters. The quantitative estimate of drug-likeness (QED) is 0.166. The van der Waals surface area contributed by atoms with Gasteiger partial charge in [0, 0.05) is 46.3 Å². The Balaban J connectivity index is 1.24. The maximum absolute atomic E-state index is 15.4. The summed E-state index contributed by atoms with van der Waals surface area (Å²) in [6.07, 6.45) is 9.71. The Kier molecular flexibility index (Phi) is 7.31. The summed E-state index contributed by atoms with van der Waals surface area (Å²) in [7, 11) is 0. The standard InChI is InChI=1S/C49H41F2NO/c1-3-48(4-2)44-30-36(51)18-23-41(44)45-40-22-17-35(50)29-43(40)47-42(46(45)48)24-25-49(53-47,33-14-19-37(20-15-33)52-26-8-5-9-27-52)34-16-21-39-32(28-34)13-12-31-10-6-7-11-38(31)39/h6-7,10-25,28-30H,3-5,8-9,26-27H2,1-2H3. The Bertz CT molecular complexity index is 2630. The lowest BCUT2D eigenvalue weighted by Crippen LogP contribution is -2.35. The lowest BCUT2D eigenvalue weighted by atomic mass is 9.71. The maximum atomic E-state index is 15.4. The van der Waals surface area contributed by atoms with Crippen molar-refractivity contribution in [3.05, 3.63) is 161 Å². The van der Waals surface area contributed by atoms with E-state index in [0.717, 1.165) is 81.0 Å². The van der Waals surface area contributed by atoms with Crippen LogP contribution in [0.1, 0.15) is 73.8 Å². The summed E-state index contributed by atoms with van der Waals surface area (Å²) in [4.78, 5) is 2.48. The van der Waals surface area contributed by atoms with Gasteiger partial charge >= 0.3 is 0 Å². The summed E-state index contributed by atoms with van der Waals surface area (Å²) in [5.74, 6) is 0.107. The number of anilines is 1. The number of fused-ring (bicyclic) bond motifs is 11. The predicted molar refractivity (Wildman–Crippen MR) is 215 cm³/mol. The van der Waals surface area contributed by atoms with Crippen molar-refractivity contribution in [2.24, 2.45) is 0 Å². The smallest absolute Gasteiger partial charge is 0.178 e. The van der Waals surface area contributed by atoms with Crippen LogP contribution in [0.15, 0.2) is 121 Å². The van der Waals surface area contributed by atoms with Crippen LogP contribution in [-0.2, 0) is 11.0 Å². The van der Waals surface area contributed by atoms with E-state index < -0.39 is 11.0 Å². The third-order valence-electron chi connectivity index (χ3n) is 12.7. The molecule has 262 valence electrons. The van der Waals surface area contributed by atoms with Crippen LogP contribution in [-0.4, -0.2) is 13.1 Å². The largest absolute Gasteiger partial charge is 0.472 e. The van der Waals surface area contributed by atoms with Crippen molar-refractivity contribution in [2.75, 3.05) is 18.0 Å². The molecular formula is C49H41F2NO. The summed E-state index contributed by atoms with van der Waals surface area (Å²) < 4.78 is 38.0. The van der Waals surface area contributed by atoms with Gasteiger partial charge in [0.2, 0.25) is 0 Å². The molecule has 2 heterocycles. The molecule has 4 heteroatoms. The number of benzene rings is 7. The second-order valence-corrected chi connectivity index (χ2v) is 15.2. The van der Waals surface area contributed by atoms with Gasteiger partial charge in [-0.15, -0.1) is 0 Å². The highest BCUT2D eigenvalue weighted by Crippen LogP contribution is 2.60. The van der Waals surface area contributed by atoms with E-state index in [9.17, 15) is 0 Å². The van der Waals surface area contributed by atoms with Gasteiger partial charge in [-0.05, 0) is 130 Å². The molecule has 0 amide bonds. The van der Waals surface area contributed by atoms with E-state index in [4.69, 9.17) is 4.74 Å². The van der Waals surface area contributed by atoms with Crippen LogP contribution < -0.4 is 9.64 Å². The predicted octanol–water partition coefficient (Wildman–Crippen LogP) is 12.9. The van der Waals surface area contributed by atoms with E-state index in [-0.39, 0.29) is 11.6 Å². The van der Waals surface area contributed by atoms with E-state index in [2.05, 4.69) is 110 Å². The highest BCUT2D eigenvalue weighted by atomic mass is 19.1. The first-order valence-electron chi connectivity index (χ1n) is 19.2. The first-order valence-corrected chi connectivity index (χ1v) is 19.2. The fourth-order valence-corrected chi connectivity index (χ4v) is 9.93. The van der Waals surface area contributed by atoms with E-state index in [1.165, 1.54) is 47.2 Å². The van der Waals surface area contributed by atoms with E-state index in [1.54, 1.807) is 18.2 Å². The molecule has 1 atom stereocenters. The van der Waals surface area contributed by atoms with Crippen molar-refractivity contribution in [3.8, 4) is 16.9 Å². The van der Waals surface area contributed by atoms with Crippen LogP contribution in [0.2, 0.25) is 0 Å². The number of hydrogen-bond acceptors (Lipinski definition) is 2. The molecule has 53 heavy (non-hydrogen) atoms. The van der Waals surface area contributed by atoms with E-state index >= 15 is 8.78 Å². The van der Waals surface area contributed by atoms with Gasteiger partial charge in [-0.1, -0.05) is 92.7 Å². The third kappa shape index (κ3) is 4.67. The van der Waals surface area contributed by atoms with Crippen molar-refractivity contribution in [3.63, 3.8) is 0 Å². The van der Waals surface area contributed by atoms with E-state index in [0.29, 0.717) is 5.75 Å². The normalized spacial score (nSPS) is 18.6. The van der Waals surface area contributed by atoms with Crippen LogP contribution in [0.25, 0.3) is 49.5 Å². The van der Waals surface area contributed by atoms with Crippen LogP contribution in [0.5, 0.6) is 5.75 Å². The summed E-state index contributed by atoms with van der Waals surface area (Å²) in [5.41, 5.74) is 6.97. The minimum absolute atomic E-state index is 0.241. The summed E-state index contributed by atoms with van der Waals surface area (Å²) in [5, 5.41) is 6.39. The topological polar surface area (TPSA) is 12.5 Å². The summed E-state index contributed by atoms with van der Waals surface area (Å²) in [6, 6.07) is 38.6. The number of rotatable bonds is 5. The van der Waals surface area contributed by atoms with Gasteiger partial charge in [0.25, 0.3) is 0 Å². The Labute approximate surface area is 309 Å². The minimum atomic E-state index is -1.00. The van der Waals surface area contributed by atoms with Gasteiger partial charge < -0.3 is 9.64 Å². The molecule has 1 aliphatic carbocycles. The molecule has 0 saturated carbocycles. The van der Waals surface area contributed by atoms with Gasteiger partial charge in [0.15, 0.2) is 5.60 Å². The van der Waals surface area contributed by atoms with Crippen LogP contribution in [0, 0.1) is 11.6 Å². The van der Waals surface area contributed by atoms with Crippen LogP contribution >= 0.6 is 0 Å². The second-order valence-electron chi connectivity index (χ2n) is 15.2. The molecule has 1 fully saturated rings. The highest BCUT2D eigenvalue weighted by Gasteiger charge is 2.47. The molecule has 0 bridgehead atoms. The zero-order valence-electron chi connectivity index (χ0n) is 30.2. The number of halogens is 2. The Hall–Kier alpha value is -5.48. The Morgan fingerprint density at radius 1 is 0.642 bits per heavy atom. The lowest BCUT2D eigenvalue weighted by Gasteiger charge is -2.39. The van der Waals surface area contributed by atoms with Crippen LogP contribution in [0.4, 0.5) is 14.5 Å². The molecule has 7 aromatic rings. The van der Waals surface area contributed by atoms with Gasteiger partial charge in [-0.25, -0.2) is 8.78 Å². The Morgan fingerprint density at radius 3 is 2.15 bits per heavy atom. The van der Waals surface area contributed by atoms with Crippen molar-refractivity contribution >= 4 is 44.1 Å². The number of nitrogens with zero attached hydrogens (tertiary/aromatic N) is 1. The molecule has 0 N–H and O–H groups in total. The number of ether oxygens (including phenoxy) is 1. The second kappa shape index (κ2) is 12.0. The maximum Gasteiger partial charge on any atom is 0.178 e. The molecule has 7 aromatic carbocycles. The zero-order chi connectivity index (χ0) is 35.9. The highest BCUT2D eigenvalue weighted by molar-refractivity contribution is 6.09. The first kappa shape index (κ1) is 32.2. The SMILES string of the molecule is CCC1(CC)c2cc(F)ccc2-c2c1c1c(c3cc(F)ccc23)OC(c2ccc(N3CCCCC3)cc2)(c2ccc3c(ccc4ccccc43)c2)C=C1. The molecule has 0 spiro atoms. The van der Waals surface area contributed by atoms with Gasteiger partial charge in [0.1, 0.15) is 17.4 Å². The summed E-state index contributed by atoms with van der Waals surface area (Å²) >= 11 is 0. The third-order valence-corrected chi connectivity index (χ3v) is 12.7. The molecule has 2 aliphatic heterocycles. The molecule has 0 aromatic heterocycles.